The van der Waals surface area contributed by atoms with Crippen molar-refractivity contribution in [3.05, 3.63) is 29.3 Å². The molecule has 4 atom stereocenters. The van der Waals surface area contributed by atoms with Crippen molar-refractivity contribution in [2.75, 3.05) is 5.73 Å². The number of hydrogen-bond donors (Lipinski definition) is 1. The molecule has 12 rings (SSSR count). The summed E-state index contributed by atoms with van der Waals surface area (Å²) in [7, 11) is 0. The predicted molar refractivity (Wildman–Crippen MR) is 85.2 cm³/mol. The summed E-state index contributed by atoms with van der Waals surface area (Å²) in [4.78, 5) is 22.6. The van der Waals surface area contributed by atoms with Gasteiger partial charge in [-0.1, -0.05) is 0 Å². The van der Waals surface area contributed by atoms with Gasteiger partial charge in [0.05, 0.1) is 0 Å². The van der Waals surface area contributed by atoms with Crippen LogP contribution in [0.3, 0.4) is 0 Å². The van der Waals surface area contributed by atoms with Crippen molar-refractivity contribution in [3.63, 3.8) is 0 Å². The zero-order chi connectivity index (χ0) is 14.3. The number of anilines is 1. The summed E-state index contributed by atoms with van der Waals surface area (Å²) < 4.78 is 0.683. The van der Waals surface area contributed by atoms with Crippen LogP contribution < -0.4 is 5.73 Å². The van der Waals surface area contributed by atoms with Crippen molar-refractivity contribution < 1.29 is 6.51 Å². The molecule has 23 heavy (non-hydrogen) atoms. The summed E-state index contributed by atoms with van der Waals surface area (Å²) in [5.74, 6) is 0.530. The minimum absolute atomic E-state index is 0.530. The molecule has 0 bridgehead atoms. The van der Waals surface area contributed by atoms with E-state index in [1.807, 2.05) is 0 Å². The van der Waals surface area contributed by atoms with E-state index in [2.05, 4.69) is 28.6 Å². The van der Waals surface area contributed by atoms with Gasteiger partial charge in [0, 0.05) is 0 Å². The molecule has 2 aromatic heterocycles. The van der Waals surface area contributed by atoms with Crippen LogP contribution in [0, 0.1) is 0 Å². The molecule has 116 valence electrons. The van der Waals surface area contributed by atoms with E-state index in [1.165, 1.54) is 53.9 Å². The standard InChI is InChI=1S/C13H10N3S.C5H5.Fe/c14-13-15-10(9-4-1-2-5-9)8-11(16-13)12-6-3-7-17-12;1-2-4-5-3-1;/h1-8H,(H2,14,15,16);1-5H;. The van der Waals surface area contributed by atoms with Crippen molar-refractivity contribution in [2.24, 2.45) is 0 Å². The first-order valence-electron chi connectivity index (χ1n) is 8.91. The molecule has 12 heterocycles. The second kappa shape index (κ2) is 0.923. The van der Waals surface area contributed by atoms with Crippen LogP contribution in [0.2, 0.25) is 43.3 Å². The van der Waals surface area contributed by atoms with E-state index in [-0.39, 0.29) is 0 Å². The molecule has 0 radical (unpaired) electrons. The summed E-state index contributed by atoms with van der Waals surface area (Å²) in [5.41, 5.74) is 8.76. The molecule has 2 aromatic rings. The van der Waals surface area contributed by atoms with Crippen molar-refractivity contribution in [2.45, 2.75) is 47.7 Å². The SMILES string of the molecule is Nc1nc(-c2cccs2)cc([C]23[CH]4[CH]5[CH]6[CH]2[Fe]56432789[CH]3[CH]2[CH]7[CH]8[CH]39)n1. The van der Waals surface area contributed by atoms with Gasteiger partial charge in [-0.05, 0) is 0 Å². The maximum absolute atomic E-state index is 6.21. The molecule has 1 spiro atoms. The molecule has 10 aliphatic rings. The molecule has 5 heteroatoms. The van der Waals surface area contributed by atoms with Crippen LogP contribution >= 0.6 is 11.3 Å². The number of rotatable bonds is 2. The van der Waals surface area contributed by atoms with Crippen LogP contribution in [0.1, 0.15) is 5.69 Å². The molecule has 0 amide bonds. The van der Waals surface area contributed by atoms with Crippen LogP contribution in [0.15, 0.2) is 23.6 Å². The summed E-state index contributed by atoms with van der Waals surface area (Å²) in [6.07, 6.45) is 0. The summed E-state index contributed by atoms with van der Waals surface area (Å²) in [6.45, 7) is -3.13. The molecule has 0 aromatic carbocycles. The van der Waals surface area contributed by atoms with Crippen LogP contribution in [0.5, 0.6) is 0 Å². The number of nitrogen functional groups attached to an aromatic ring is 1. The predicted octanol–water partition coefficient (Wildman–Crippen LogP) is 4.58. The van der Waals surface area contributed by atoms with Crippen molar-refractivity contribution in [3.8, 4) is 10.6 Å². The normalized spacial score (nSPS) is 91.0. The fraction of sp³-hybridized carbons (Fsp3) is 0.556. The van der Waals surface area contributed by atoms with Gasteiger partial charge in [0.1, 0.15) is 0 Å². The van der Waals surface area contributed by atoms with E-state index in [9.17, 15) is 0 Å². The number of thiophene rings is 1. The van der Waals surface area contributed by atoms with Gasteiger partial charge in [-0.15, -0.1) is 0 Å². The topological polar surface area (TPSA) is 51.8 Å². The molecule has 0 aliphatic carbocycles. The van der Waals surface area contributed by atoms with Crippen LogP contribution in [0.4, 0.5) is 5.95 Å². The maximum atomic E-state index is 6.21. The monoisotopic (exact) mass is 361 g/mol. The van der Waals surface area contributed by atoms with E-state index >= 15 is 0 Å². The Bertz CT molecular complexity index is 1380. The fourth-order valence-corrected chi connectivity index (χ4v) is 92.8. The number of nitrogens with two attached hydrogens (primary N) is 1. The summed E-state index contributed by atoms with van der Waals surface area (Å²) in [6, 6.07) is 6.68. The third-order valence-electron chi connectivity index (χ3n) is 16.6. The number of aromatic nitrogens is 2. The van der Waals surface area contributed by atoms with Gasteiger partial charge in [-0.25, -0.2) is 0 Å². The van der Waals surface area contributed by atoms with Gasteiger partial charge in [0.25, 0.3) is 0 Å². The Labute approximate surface area is 127 Å². The Morgan fingerprint density at radius 1 is 1.00 bits per heavy atom. The molecule has 2 N–H and O–H groups in total. The van der Waals surface area contributed by atoms with Gasteiger partial charge in [0.15, 0.2) is 0 Å². The Morgan fingerprint density at radius 3 is 2.17 bits per heavy atom. The first kappa shape index (κ1) is 8.98. The minimum atomic E-state index is -3.13. The molecule has 4 unspecified atom stereocenters. The summed E-state index contributed by atoms with van der Waals surface area (Å²) >= 11 is 1.77. The molecule has 10 fully saturated rings. The van der Waals surface area contributed by atoms with Gasteiger partial charge >= 0.3 is 127 Å². The molecule has 0 saturated carbocycles. The van der Waals surface area contributed by atoms with Crippen LogP contribution in [-0.4, -0.2) is 9.97 Å². The number of fused-ring (bicyclic) bond motifs is 10. The Balaban J connectivity index is 1.31. The molecular weight excluding hydrogens is 346 g/mol. The average molecular weight is 361 g/mol. The zero-order valence-corrected chi connectivity index (χ0v) is 14.2. The van der Waals surface area contributed by atoms with Gasteiger partial charge < -0.3 is 0 Å². The average Bonchev–Trinajstić information content (AvgIpc) is 3.47. The van der Waals surface area contributed by atoms with E-state index < -0.39 is 6.51 Å². The fourth-order valence-electron chi connectivity index (χ4n) is 18.1. The Kier molecular flexibility index (Phi) is 0.360. The Morgan fingerprint density at radius 2 is 1.70 bits per heavy atom. The van der Waals surface area contributed by atoms with Crippen molar-refractivity contribution >= 4 is 17.3 Å². The van der Waals surface area contributed by atoms with Crippen molar-refractivity contribution in [1.82, 2.24) is 9.97 Å². The van der Waals surface area contributed by atoms with Gasteiger partial charge in [-0.3, -0.25) is 0 Å². The third kappa shape index (κ3) is 0.132. The van der Waals surface area contributed by atoms with E-state index in [0.717, 1.165) is 5.69 Å². The van der Waals surface area contributed by atoms with E-state index in [1.54, 1.807) is 11.3 Å². The van der Waals surface area contributed by atoms with E-state index in [0.29, 0.717) is 10.3 Å². The molecule has 10 aliphatic heterocycles. The van der Waals surface area contributed by atoms with Gasteiger partial charge in [0.2, 0.25) is 0 Å². The molecule has 3 nitrogen and oxygen atoms in total. The Hall–Kier alpha value is -0.901. The van der Waals surface area contributed by atoms with Crippen LogP contribution in [-0.2, 0) is 10.8 Å². The second-order valence-electron chi connectivity index (χ2n) is 12.2. The van der Waals surface area contributed by atoms with Gasteiger partial charge in [-0.2, -0.15) is 0 Å². The number of hydrogen-bond acceptors (Lipinski definition) is 4. The van der Waals surface area contributed by atoms with Crippen molar-refractivity contribution in [1.29, 1.82) is 0 Å². The van der Waals surface area contributed by atoms with E-state index in [4.69, 9.17) is 10.7 Å². The summed E-state index contributed by atoms with van der Waals surface area (Å²) in [5, 5.41) is 2.14. The third-order valence-corrected chi connectivity index (χ3v) is 59.8. The van der Waals surface area contributed by atoms with Crippen LogP contribution in [0.25, 0.3) is 10.6 Å². The first-order valence-corrected chi connectivity index (χ1v) is 16.1. The first-order chi connectivity index (χ1) is 11.0. The second-order valence-corrected chi connectivity index (χ2v) is 36.7. The molecular formula is C18H15FeN3S. The zero-order valence-electron chi connectivity index (χ0n) is 12.2. The number of nitrogens with zero attached hydrogens (tertiary/aromatic N) is 2. The quantitative estimate of drug-likeness (QED) is 0.797. The molecule has 10 saturated heterocycles.